The van der Waals surface area contributed by atoms with E-state index in [2.05, 4.69) is 4.98 Å². The fraction of sp³-hybridized carbons (Fsp3) is 0.368. The zero-order chi connectivity index (χ0) is 19.2. The Bertz CT molecular complexity index is 797. The number of carbonyl (C=O) groups excluding carboxylic acids is 1. The number of nitrogens with zero attached hydrogens (tertiary/aromatic N) is 1. The van der Waals surface area contributed by atoms with Crippen LogP contribution in [0.15, 0.2) is 36.4 Å². The molecule has 0 aliphatic heterocycles. The van der Waals surface area contributed by atoms with E-state index in [0.29, 0.717) is 16.8 Å². The second-order valence-corrected chi connectivity index (χ2v) is 7.41. The van der Waals surface area contributed by atoms with Crippen molar-refractivity contribution in [3.63, 3.8) is 0 Å². The maximum Gasteiger partial charge on any atom is 0.379 e. The van der Waals surface area contributed by atoms with Crippen molar-refractivity contribution in [2.75, 3.05) is 19.8 Å². The molecule has 0 saturated carbocycles. The molecule has 140 valence electrons. The van der Waals surface area contributed by atoms with Crippen molar-refractivity contribution in [2.24, 2.45) is 0 Å². The highest BCUT2D eigenvalue weighted by molar-refractivity contribution is 7.61. The average molecular weight is 377 g/mol. The van der Waals surface area contributed by atoms with Crippen LogP contribution in [0.25, 0.3) is 11.3 Å². The Hall–Kier alpha value is -2.01. The number of ether oxygens (including phenoxy) is 1. The second kappa shape index (κ2) is 9.08. The summed E-state index contributed by atoms with van der Waals surface area (Å²) in [5.41, 5.74) is 2.26. The molecule has 0 radical (unpaired) electrons. The van der Waals surface area contributed by atoms with Crippen molar-refractivity contribution < 1.29 is 23.1 Å². The Balaban J connectivity index is 2.70. The van der Waals surface area contributed by atoms with Gasteiger partial charge in [0, 0.05) is 5.56 Å². The lowest BCUT2D eigenvalue weighted by atomic mass is 10.0. The molecule has 0 spiro atoms. The maximum atomic E-state index is 13.1. The number of carbonyl (C=O) groups is 1. The zero-order valence-corrected chi connectivity index (χ0v) is 16.4. The van der Waals surface area contributed by atoms with Gasteiger partial charge in [-0.2, -0.15) is 0 Å². The molecule has 0 unspecified atom stereocenters. The van der Waals surface area contributed by atoms with Gasteiger partial charge in [0.2, 0.25) is 0 Å². The third-order valence-electron chi connectivity index (χ3n) is 3.61. The van der Waals surface area contributed by atoms with E-state index >= 15 is 0 Å². The number of pyridine rings is 1. The molecule has 0 saturated heterocycles. The van der Waals surface area contributed by atoms with Crippen LogP contribution in [-0.2, 0) is 18.3 Å². The number of rotatable bonds is 8. The molecule has 1 aromatic carbocycles. The summed E-state index contributed by atoms with van der Waals surface area (Å²) in [6, 6.07) is 10.8. The van der Waals surface area contributed by atoms with Crippen LogP contribution in [0.3, 0.4) is 0 Å². The molecule has 6 nitrogen and oxygen atoms in total. The molecule has 0 aliphatic carbocycles. The molecule has 0 amide bonds. The van der Waals surface area contributed by atoms with Crippen LogP contribution in [0.2, 0.25) is 0 Å². The Kier molecular flexibility index (Phi) is 7.09. The third-order valence-corrected chi connectivity index (χ3v) is 5.60. The second-order valence-electron chi connectivity index (χ2n) is 5.44. The first-order valence-corrected chi connectivity index (χ1v) is 10.1. The van der Waals surface area contributed by atoms with E-state index < -0.39 is 13.6 Å². The van der Waals surface area contributed by atoms with Gasteiger partial charge in [0.1, 0.15) is 0 Å². The summed E-state index contributed by atoms with van der Waals surface area (Å²) in [6.07, 6.45) is 0. The van der Waals surface area contributed by atoms with Crippen LogP contribution in [0.5, 0.6) is 0 Å². The van der Waals surface area contributed by atoms with E-state index in [9.17, 15) is 9.36 Å². The van der Waals surface area contributed by atoms with Gasteiger partial charge in [0.15, 0.2) is 5.44 Å². The minimum Gasteiger partial charge on any atom is -0.462 e. The van der Waals surface area contributed by atoms with Gasteiger partial charge < -0.3 is 13.8 Å². The van der Waals surface area contributed by atoms with Gasteiger partial charge in [0.25, 0.3) is 0 Å². The first kappa shape index (κ1) is 20.3. The molecule has 1 aromatic heterocycles. The molecular weight excluding hydrogens is 353 g/mol. The lowest BCUT2D eigenvalue weighted by Gasteiger charge is -2.19. The predicted octanol–water partition coefficient (Wildman–Crippen LogP) is 4.13. The molecule has 0 fully saturated rings. The van der Waals surface area contributed by atoms with Crippen LogP contribution >= 0.6 is 7.60 Å². The van der Waals surface area contributed by atoms with Crippen molar-refractivity contribution in [3.05, 3.63) is 47.5 Å². The quantitative estimate of drug-likeness (QED) is 0.509. The van der Waals surface area contributed by atoms with Crippen molar-refractivity contribution in [3.8, 4) is 11.3 Å². The largest absolute Gasteiger partial charge is 0.462 e. The topological polar surface area (TPSA) is 74.7 Å². The first-order valence-electron chi connectivity index (χ1n) is 8.60. The summed E-state index contributed by atoms with van der Waals surface area (Å²) >= 11 is 0. The van der Waals surface area contributed by atoms with E-state index in [4.69, 9.17) is 13.8 Å². The van der Waals surface area contributed by atoms with Crippen LogP contribution in [0, 0.1) is 6.92 Å². The molecule has 0 N–H and O–H groups in total. The Labute approximate surface area is 154 Å². The summed E-state index contributed by atoms with van der Waals surface area (Å²) in [5, 5.41) is 0. The Morgan fingerprint density at radius 3 is 2.19 bits per heavy atom. The Morgan fingerprint density at radius 1 is 1.04 bits per heavy atom. The smallest absolute Gasteiger partial charge is 0.379 e. The lowest BCUT2D eigenvalue weighted by molar-refractivity contribution is 0.0526. The minimum absolute atomic E-state index is 0.186. The van der Waals surface area contributed by atoms with Gasteiger partial charge in [-0.3, -0.25) is 4.57 Å². The molecule has 0 atom stereocenters. The lowest BCUT2D eigenvalue weighted by Crippen LogP contribution is -2.20. The van der Waals surface area contributed by atoms with Gasteiger partial charge in [0.05, 0.1) is 31.1 Å². The van der Waals surface area contributed by atoms with Crippen molar-refractivity contribution in [1.29, 1.82) is 0 Å². The zero-order valence-electron chi connectivity index (χ0n) is 15.5. The number of aromatic nitrogens is 1. The predicted molar refractivity (Wildman–Crippen MR) is 101 cm³/mol. The van der Waals surface area contributed by atoms with Gasteiger partial charge in [-0.05, 0) is 39.3 Å². The molecule has 7 heteroatoms. The average Bonchev–Trinajstić information content (AvgIpc) is 2.62. The molecule has 1 heterocycles. The first-order chi connectivity index (χ1) is 12.5. The Morgan fingerprint density at radius 2 is 1.65 bits per heavy atom. The SMILES string of the molecule is CCOC(=O)c1c(C)cc(P(=O)(OCC)OCC)nc1-c1ccccc1. The van der Waals surface area contributed by atoms with Crippen molar-refractivity contribution >= 4 is 19.0 Å². The van der Waals surface area contributed by atoms with E-state index in [1.54, 1.807) is 33.8 Å². The fourth-order valence-electron chi connectivity index (χ4n) is 2.57. The van der Waals surface area contributed by atoms with Crippen molar-refractivity contribution in [2.45, 2.75) is 27.7 Å². The van der Waals surface area contributed by atoms with E-state index in [-0.39, 0.29) is 25.3 Å². The summed E-state index contributed by atoms with van der Waals surface area (Å²) in [4.78, 5) is 17.0. The summed E-state index contributed by atoms with van der Waals surface area (Å²) in [6.45, 7) is 7.68. The normalized spacial score (nSPS) is 11.4. The summed E-state index contributed by atoms with van der Waals surface area (Å²) < 4.78 is 29.1. The molecule has 0 bridgehead atoms. The number of hydrogen-bond acceptors (Lipinski definition) is 6. The van der Waals surface area contributed by atoms with E-state index in [0.717, 1.165) is 5.56 Å². The van der Waals surface area contributed by atoms with Crippen LogP contribution in [-0.4, -0.2) is 30.8 Å². The number of benzene rings is 1. The minimum atomic E-state index is -3.57. The summed E-state index contributed by atoms with van der Waals surface area (Å²) in [5.74, 6) is -0.467. The molecule has 0 aliphatic rings. The van der Waals surface area contributed by atoms with Crippen LogP contribution < -0.4 is 5.44 Å². The fourth-order valence-corrected chi connectivity index (χ4v) is 4.16. The molecule has 2 rings (SSSR count). The monoisotopic (exact) mass is 377 g/mol. The van der Waals surface area contributed by atoms with Gasteiger partial charge in [-0.1, -0.05) is 30.3 Å². The highest BCUT2D eigenvalue weighted by Crippen LogP contribution is 2.47. The van der Waals surface area contributed by atoms with E-state index in [1.807, 2.05) is 30.3 Å². The molecule has 26 heavy (non-hydrogen) atoms. The highest BCUT2D eigenvalue weighted by atomic mass is 31.2. The maximum absolute atomic E-state index is 13.1. The van der Waals surface area contributed by atoms with E-state index in [1.165, 1.54) is 0 Å². The number of esters is 1. The standard InChI is InChI=1S/C19H24NO5P/c1-5-23-19(21)17-14(4)13-16(26(22,24-6-2)25-7-3)20-18(17)15-11-9-8-10-12-15/h8-13H,5-7H2,1-4H3. The van der Waals surface area contributed by atoms with Crippen LogP contribution in [0.1, 0.15) is 36.7 Å². The molecule has 2 aromatic rings. The van der Waals surface area contributed by atoms with Crippen molar-refractivity contribution in [1.82, 2.24) is 4.98 Å². The van der Waals surface area contributed by atoms with Gasteiger partial charge in [-0.15, -0.1) is 0 Å². The number of hydrogen-bond donors (Lipinski definition) is 0. The number of aryl methyl sites for hydroxylation is 1. The highest BCUT2D eigenvalue weighted by Gasteiger charge is 2.31. The van der Waals surface area contributed by atoms with Gasteiger partial charge >= 0.3 is 13.6 Å². The molecular formula is C19H24NO5P. The summed E-state index contributed by atoms with van der Waals surface area (Å²) in [7, 11) is -3.57. The van der Waals surface area contributed by atoms with Gasteiger partial charge in [-0.25, -0.2) is 9.78 Å². The third kappa shape index (κ3) is 4.39. The van der Waals surface area contributed by atoms with Crippen LogP contribution in [0.4, 0.5) is 0 Å².